The molecule has 136 valence electrons. The maximum Gasteiger partial charge on any atom is 0.129 e. The van der Waals surface area contributed by atoms with Crippen molar-refractivity contribution in [3.05, 3.63) is 89.4 Å². The number of fused-ring (bicyclic) bond motifs is 3. The van der Waals surface area contributed by atoms with Crippen molar-refractivity contribution in [3.8, 4) is 45.1 Å². The fourth-order valence-corrected chi connectivity index (χ4v) is 3.67. The van der Waals surface area contributed by atoms with E-state index < -0.39 is 0 Å². The number of benzene rings is 3. The van der Waals surface area contributed by atoms with E-state index in [1.54, 1.807) is 12.1 Å². The first kappa shape index (κ1) is 16.8. The number of ether oxygens (including phenoxy) is 1. The highest BCUT2D eigenvalue weighted by Gasteiger charge is 2.23. The van der Waals surface area contributed by atoms with Crippen molar-refractivity contribution in [2.24, 2.45) is 0 Å². The summed E-state index contributed by atoms with van der Waals surface area (Å²) in [4.78, 5) is 4.97. The zero-order valence-corrected chi connectivity index (χ0v) is 15.6. The van der Waals surface area contributed by atoms with E-state index in [2.05, 4.69) is 6.07 Å². The molecule has 3 aromatic carbocycles. The van der Waals surface area contributed by atoms with Gasteiger partial charge in [0.15, 0.2) is 0 Å². The highest BCUT2D eigenvalue weighted by Crippen LogP contribution is 2.42. The van der Waals surface area contributed by atoms with E-state index in [0.29, 0.717) is 11.6 Å². The van der Waals surface area contributed by atoms with Gasteiger partial charge in [0.1, 0.15) is 18.1 Å². The van der Waals surface area contributed by atoms with Crippen LogP contribution in [0.25, 0.3) is 33.6 Å². The van der Waals surface area contributed by atoms with E-state index >= 15 is 0 Å². The molecule has 0 fully saturated rings. The third-order valence-corrected chi connectivity index (χ3v) is 5.21. The van der Waals surface area contributed by atoms with Crippen molar-refractivity contribution in [2.45, 2.75) is 6.61 Å². The molecule has 0 amide bonds. The number of halogens is 1. The van der Waals surface area contributed by atoms with Gasteiger partial charge in [0.2, 0.25) is 0 Å². The van der Waals surface area contributed by atoms with Gasteiger partial charge < -0.3 is 9.84 Å². The molecule has 3 nitrogen and oxygen atoms in total. The number of nitrogens with zero attached hydrogens (tertiary/aromatic N) is 1. The first-order chi connectivity index (χ1) is 13.7. The predicted molar refractivity (Wildman–Crippen MR) is 112 cm³/mol. The number of rotatable bonds is 2. The molecule has 0 saturated carbocycles. The van der Waals surface area contributed by atoms with Crippen LogP contribution in [-0.2, 0) is 6.61 Å². The molecule has 1 N–H and O–H groups in total. The quantitative estimate of drug-likeness (QED) is 0.438. The van der Waals surface area contributed by atoms with Gasteiger partial charge in [-0.25, -0.2) is 4.98 Å². The van der Waals surface area contributed by atoms with Crippen LogP contribution >= 0.6 is 11.6 Å². The number of phenolic OH excluding ortho intramolecular Hbond substituents is 1. The lowest BCUT2D eigenvalue weighted by Gasteiger charge is -2.23. The summed E-state index contributed by atoms with van der Waals surface area (Å²) in [5, 5.41) is 10.3. The molecule has 4 heteroatoms. The first-order valence-electron chi connectivity index (χ1n) is 9.00. The van der Waals surface area contributed by atoms with Crippen LogP contribution in [0.2, 0.25) is 5.02 Å². The number of phenols is 1. The van der Waals surface area contributed by atoms with Gasteiger partial charge in [0, 0.05) is 21.7 Å². The lowest BCUT2D eigenvalue weighted by atomic mass is 9.92. The molecule has 1 aliphatic rings. The summed E-state index contributed by atoms with van der Waals surface area (Å²) in [5.41, 5.74) is 6.89. The number of aromatic nitrogens is 1. The molecule has 0 spiro atoms. The third kappa shape index (κ3) is 2.90. The zero-order valence-electron chi connectivity index (χ0n) is 14.9. The topological polar surface area (TPSA) is 42.4 Å². The summed E-state index contributed by atoms with van der Waals surface area (Å²) in [6.07, 6.45) is 0. The van der Waals surface area contributed by atoms with Gasteiger partial charge in [-0.2, -0.15) is 0 Å². The second kappa shape index (κ2) is 6.70. The van der Waals surface area contributed by atoms with Gasteiger partial charge in [-0.3, -0.25) is 0 Å². The van der Waals surface area contributed by atoms with E-state index in [9.17, 15) is 5.11 Å². The van der Waals surface area contributed by atoms with Crippen LogP contribution in [0.5, 0.6) is 11.5 Å². The molecule has 0 atom stereocenters. The SMILES string of the molecule is Oc1ccc(-c2cc(-c3ccc(Cl)cc3)c3c(n2)-c2ccccc2OC3)cc1. The maximum atomic E-state index is 9.63. The van der Waals surface area contributed by atoms with Gasteiger partial charge in [-0.15, -0.1) is 0 Å². The van der Waals surface area contributed by atoms with Crippen LogP contribution < -0.4 is 4.74 Å². The predicted octanol–water partition coefficient (Wildman–Crippen LogP) is 6.33. The molecule has 0 saturated heterocycles. The minimum absolute atomic E-state index is 0.235. The summed E-state index contributed by atoms with van der Waals surface area (Å²) in [6.45, 7) is 0.465. The van der Waals surface area contributed by atoms with E-state index in [-0.39, 0.29) is 5.75 Å². The Kier molecular flexibility index (Phi) is 4.03. The highest BCUT2D eigenvalue weighted by atomic mass is 35.5. The number of hydrogen-bond donors (Lipinski definition) is 1. The maximum absolute atomic E-state index is 9.63. The molecule has 0 unspecified atom stereocenters. The lowest BCUT2D eigenvalue weighted by Crippen LogP contribution is -2.09. The lowest BCUT2D eigenvalue weighted by molar-refractivity contribution is 0.302. The highest BCUT2D eigenvalue weighted by molar-refractivity contribution is 6.30. The number of pyridine rings is 1. The Labute approximate surface area is 167 Å². The van der Waals surface area contributed by atoms with Crippen molar-refractivity contribution in [2.75, 3.05) is 0 Å². The summed E-state index contributed by atoms with van der Waals surface area (Å²) in [7, 11) is 0. The largest absolute Gasteiger partial charge is 0.508 e. The molecule has 5 rings (SSSR count). The fourth-order valence-electron chi connectivity index (χ4n) is 3.55. The van der Waals surface area contributed by atoms with Crippen LogP contribution in [0.3, 0.4) is 0 Å². The Morgan fingerprint density at radius 3 is 2.32 bits per heavy atom. The monoisotopic (exact) mass is 385 g/mol. The van der Waals surface area contributed by atoms with Crippen molar-refractivity contribution < 1.29 is 9.84 Å². The summed E-state index contributed by atoms with van der Waals surface area (Å²) >= 11 is 6.09. The van der Waals surface area contributed by atoms with Crippen LogP contribution in [0, 0.1) is 0 Å². The number of aromatic hydroxyl groups is 1. The molecule has 1 aliphatic heterocycles. The molecular formula is C24H16ClNO2. The molecule has 1 aromatic heterocycles. The number of para-hydroxylation sites is 1. The van der Waals surface area contributed by atoms with Gasteiger partial charge in [-0.05, 0) is 65.7 Å². The van der Waals surface area contributed by atoms with E-state index in [1.165, 1.54) is 0 Å². The normalized spacial score (nSPS) is 12.0. The summed E-state index contributed by atoms with van der Waals surface area (Å²) in [6, 6.07) is 24.9. The molecule has 2 heterocycles. The van der Waals surface area contributed by atoms with Crippen LogP contribution in [0.15, 0.2) is 78.9 Å². The standard InChI is InChI=1S/C24H16ClNO2/c25-17-9-5-15(6-10-17)20-13-22(16-7-11-18(27)12-8-16)26-24-19-3-1-2-4-23(19)28-14-21(20)24/h1-13,27H,14H2. The Morgan fingerprint density at radius 1 is 0.821 bits per heavy atom. The molecule has 28 heavy (non-hydrogen) atoms. The molecule has 0 bridgehead atoms. The minimum atomic E-state index is 0.235. The summed E-state index contributed by atoms with van der Waals surface area (Å²) in [5.74, 6) is 1.07. The van der Waals surface area contributed by atoms with Gasteiger partial charge in [0.25, 0.3) is 0 Å². The average Bonchev–Trinajstić information content (AvgIpc) is 2.74. The summed E-state index contributed by atoms with van der Waals surface area (Å²) < 4.78 is 6.00. The molecular weight excluding hydrogens is 370 g/mol. The van der Waals surface area contributed by atoms with Crippen LogP contribution in [0.1, 0.15) is 5.56 Å². The molecule has 0 aliphatic carbocycles. The first-order valence-corrected chi connectivity index (χ1v) is 9.38. The smallest absolute Gasteiger partial charge is 0.129 e. The van der Waals surface area contributed by atoms with Crippen molar-refractivity contribution in [1.82, 2.24) is 4.98 Å². The van der Waals surface area contributed by atoms with Crippen LogP contribution in [-0.4, -0.2) is 10.1 Å². The third-order valence-electron chi connectivity index (χ3n) is 4.96. The van der Waals surface area contributed by atoms with Crippen molar-refractivity contribution in [3.63, 3.8) is 0 Å². The van der Waals surface area contributed by atoms with E-state index in [1.807, 2.05) is 60.7 Å². The van der Waals surface area contributed by atoms with Crippen molar-refractivity contribution >= 4 is 11.6 Å². The Morgan fingerprint density at radius 2 is 1.54 bits per heavy atom. The minimum Gasteiger partial charge on any atom is -0.508 e. The fraction of sp³-hybridized carbons (Fsp3) is 0.0417. The molecule has 4 aromatic rings. The second-order valence-electron chi connectivity index (χ2n) is 6.72. The van der Waals surface area contributed by atoms with Gasteiger partial charge >= 0.3 is 0 Å². The Balaban J connectivity index is 1.78. The van der Waals surface area contributed by atoms with Crippen molar-refractivity contribution in [1.29, 1.82) is 0 Å². The zero-order chi connectivity index (χ0) is 19.1. The van der Waals surface area contributed by atoms with E-state index in [0.717, 1.165) is 45.0 Å². The second-order valence-corrected chi connectivity index (χ2v) is 7.16. The van der Waals surface area contributed by atoms with Gasteiger partial charge in [-0.1, -0.05) is 35.9 Å². The van der Waals surface area contributed by atoms with Gasteiger partial charge in [0.05, 0.1) is 11.4 Å². The Hall–Kier alpha value is -3.30. The van der Waals surface area contributed by atoms with E-state index in [4.69, 9.17) is 21.3 Å². The van der Waals surface area contributed by atoms with Crippen LogP contribution in [0.4, 0.5) is 0 Å². The average molecular weight is 386 g/mol. The molecule has 0 radical (unpaired) electrons. The Bertz CT molecular complexity index is 1170. The number of hydrogen-bond acceptors (Lipinski definition) is 3.